The summed E-state index contributed by atoms with van der Waals surface area (Å²) in [5.74, 6) is 0.566. The average Bonchev–Trinajstić information content (AvgIpc) is 3.33. The van der Waals surface area contributed by atoms with Crippen LogP contribution in [-0.2, 0) is 13.1 Å². The molecule has 0 bridgehead atoms. The molecule has 2 heterocycles. The van der Waals surface area contributed by atoms with Crippen LogP contribution in [0.2, 0.25) is 0 Å². The molecule has 2 aromatic heterocycles. The number of hydrogen-bond acceptors (Lipinski definition) is 7. The summed E-state index contributed by atoms with van der Waals surface area (Å²) < 4.78 is 13.5. The molecule has 9 heteroatoms. The Labute approximate surface area is 197 Å². The maximum absolute atomic E-state index is 12.3. The fourth-order valence-electron chi connectivity index (χ4n) is 3.91. The summed E-state index contributed by atoms with van der Waals surface area (Å²) in [5, 5.41) is 4.10. The van der Waals surface area contributed by atoms with Gasteiger partial charge in [0.2, 0.25) is 0 Å². The molecule has 176 valence electrons. The molecule has 4 rings (SSSR count). The second-order valence-electron chi connectivity index (χ2n) is 7.60. The highest BCUT2D eigenvalue weighted by Crippen LogP contribution is 2.38. The summed E-state index contributed by atoms with van der Waals surface area (Å²) >= 11 is 0. The maximum Gasteiger partial charge on any atom is 0.252 e. The van der Waals surface area contributed by atoms with Crippen LogP contribution in [0.1, 0.15) is 35.3 Å². The van der Waals surface area contributed by atoms with Gasteiger partial charge in [-0.15, -0.1) is 0 Å². The van der Waals surface area contributed by atoms with E-state index in [0.29, 0.717) is 54.4 Å². The number of benzene rings is 2. The van der Waals surface area contributed by atoms with Gasteiger partial charge in [-0.2, -0.15) is 0 Å². The van der Waals surface area contributed by atoms with E-state index in [2.05, 4.69) is 15.3 Å². The van der Waals surface area contributed by atoms with Gasteiger partial charge in [-0.25, -0.2) is 4.98 Å². The number of pyridine rings is 1. The van der Waals surface area contributed by atoms with Crippen LogP contribution in [0.15, 0.2) is 55.2 Å². The van der Waals surface area contributed by atoms with Gasteiger partial charge in [-0.1, -0.05) is 12.1 Å². The molecular weight excluding hydrogens is 432 g/mol. The molecule has 0 saturated heterocycles. The van der Waals surface area contributed by atoms with Gasteiger partial charge >= 0.3 is 0 Å². The highest BCUT2D eigenvalue weighted by molar-refractivity contribution is 6.08. The van der Waals surface area contributed by atoms with Crippen molar-refractivity contribution in [3.63, 3.8) is 0 Å². The number of ether oxygens (including phenoxy) is 2. The van der Waals surface area contributed by atoms with E-state index in [1.807, 2.05) is 48.9 Å². The van der Waals surface area contributed by atoms with Crippen LogP contribution < -0.4 is 26.3 Å². The number of nitrogens with one attached hydrogen (secondary N) is 1. The monoisotopic (exact) mass is 460 g/mol. The molecule has 0 aliphatic carbocycles. The number of carbonyl (C=O) groups excluding carboxylic acids is 1. The number of rotatable bonds is 10. The summed E-state index contributed by atoms with van der Waals surface area (Å²) in [5.41, 5.74) is 16.1. The highest BCUT2D eigenvalue weighted by Gasteiger charge is 2.18. The lowest BCUT2D eigenvalue weighted by molar-refractivity contribution is 0.100. The van der Waals surface area contributed by atoms with Crippen molar-refractivity contribution in [2.75, 3.05) is 18.5 Å². The van der Waals surface area contributed by atoms with Gasteiger partial charge in [-0.05, 0) is 37.1 Å². The Morgan fingerprint density at radius 3 is 2.56 bits per heavy atom. The van der Waals surface area contributed by atoms with Gasteiger partial charge < -0.3 is 30.8 Å². The van der Waals surface area contributed by atoms with Crippen molar-refractivity contribution < 1.29 is 14.3 Å². The Balaban J connectivity index is 1.85. The Bertz CT molecular complexity index is 1300. The summed E-state index contributed by atoms with van der Waals surface area (Å²) in [6, 6.07) is 9.52. The number of primary amides is 1. The molecule has 34 heavy (non-hydrogen) atoms. The predicted octanol–water partition coefficient (Wildman–Crippen LogP) is 3.58. The zero-order chi connectivity index (χ0) is 24.1. The lowest BCUT2D eigenvalue weighted by atomic mass is 10.0. The van der Waals surface area contributed by atoms with E-state index < -0.39 is 5.91 Å². The summed E-state index contributed by atoms with van der Waals surface area (Å²) in [7, 11) is 0. The van der Waals surface area contributed by atoms with Gasteiger partial charge in [0.05, 0.1) is 36.3 Å². The van der Waals surface area contributed by atoms with Gasteiger partial charge in [0, 0.05) is 48.8 Å². The van der Waals surface area contributed by atoms with E-state index in [9.17, 15) is 4.79 Å². The first-order valence-electron chi connectivity index (χ1n) is 11.1. The maximum atomic E-state index is 12.3. The van der Waals surface area contributed by atoms with Crippen LogP contribution in [0, 0.1) is 0 Å². The smallest absolute Gasteiger partial charge is 0.252 e. The van der Waals surface area contributed by atoms with E-state index in [1.54, 1.807) is 18.6 Å². The number of fused-ring (bicyclic) bond motifs is 1. The SMILES string of the molecule is CCOc1cc2ncc(C(N)=O)c(Nc3cccc(Cn4ccnc4)c3CN)c2cc1OCC. The van der Waals surface area contributed by atoms with Crippen LogP contribution in [0.5, 0.6) is 11.5 Å². The van der Waals surface area contributed by atoms with E-state index in [4.69, 9.17) is 20.9 Å². The van der Waals surface area contributed by atoms with Crippen molar-refractivity contribution in [1.29, 1.82) is 0 Å². The zero-order valence-corrected chi connectivity index (χ0v) is 19.2. The van der Waals surface area contributed by atoms with E-state index >= 15 is 0 Å². The standard InChI is InChI=1S/C25H28N6O3/c1-3-33-22-10-17-21(11-23(22)34-4-2)29-13-19(25(27)32)24(17)30-20-7-5-6-16(18(20)12-26)14-31-9-8-28-15-31/h5-11,13,15H,3-4,12,14,26H2,1-2H3,(H2,27,32)(H,29,30). The number of hydrogen-bond donors (Lipinski definition) is 3. The number of amides is 1. The molecule has 0 radical (unpaired) electrons. The Hall–Kier alpha value is -4.11. The second-order valence-corrected chi connectivity index (χ2v) is 7.60. The average molecular weight is 461 g/mol. The minimum absolute atomic E-state index is 0.266. The number of carbonyl (C=O) groups is 1. The van der Waals surface area contributed by atoms with Gasteiger partial charge in [0.15, 0.2) is 11.5 Å². The second kappa shape index (κ2) is 10.2. The van der Waals surface area contributed by atoms with Gasteiger partial charge in [0.25, 0.3) is 5.91 Å². The van der Waals surface area contributed by atoms with Crippen LogP contribution in [0.4, 0.5) is 11.4 Å². The first kappa shape index (κ1) is 23.1. The first-order valence-corrected chi connectivity index (χ1v) is 11.1. The molecule has 0 saturated carbocycles. The number of nitrogens with two attached hydrogens (primary N) is 2. The normalized spacial score (nSPS) is 10.9. The highest BCUT2D eigenvalue weighted by atomic mass is 16.5. The van der Waals surface area contributed by atoms with E-state index in [-0.39, 0.29) is 5.56 Å². The number of nitrogens with zero attached hydrogens (tertiary/aromatic N) is 3. The molecule has 0 aliphatic heterocycles. The molecule has 9 nitrogen and oxygen atoms in total. The summed E-state index contributed by atoms with van der Waals surface area (Å²) in [6.07, 6.45) is 6.86. The fraction of sp³-hybridized carbons (Fsp3) is 0.240. The third-order valence-corrected chi connectivity index (χ3v) is 5.45. The van der Waals surface area contributed by atoms with Crippen LogP contribution >= 0.6 is 0 Å². The molecule has 1 amide bonds. The topological polar surface area (TPSA) is 130 Å². The van der Waals surface area contributed by atoms with Crippen molar-refractivity contribution in [2.45, 2.75) is 26.9 Å². The number of aromatic nitrogens is 3. The third kappa shape index (κ3) is 4.65. The molecule has 0 atom stereocenters. The van der Waals surface area contributed by atoms with Crippen LogP contribution in [0.3, 0.4) is 0 Å². The summed E-state index contributed by atoms with van der Waals surface area (Å²) in [4.78, 5) is 20.9. The molecule has 0 aliphatic rings. The quantitative estimate of drug-likeness (QED) is 0.330. The molecule has 5 N–H and O–H groups in total. The third-order valence-electron chi connectivity index (χ3n) is 5.45. The molecule has 0 spiro atoms. The zero-order valence-electron chi connectivity index (χ0n) is 19.2. The van der Waals surface area contributed by atoms with Gasteiger partial charge in [-0.3, -0.25) is 9.78 Å². The number of imidazole rings is 1. The summed E-state index contributed by atoms with van der Waals surface area (Å²) in [6.45, 7) is 5.68. The number of anilines is 2. The molecule has 4 aromatic rings. The molecular formula is C25H28N6O3. The lowest BCUT2D eigenvalue weighted by Crippen LogP contribution is -2.15. The molecule has 0 unspecified atom stereocenters. The van der Waals surface area contributed by atoms with Crippen molar-refractivity contribution in [1.82, 2.24) is 14.5 Å². The van der Waals surface area contributed by atoms with Crippen LogP contribution in [0.25, 0.3) is 10.9 Å². The Morgan fingerprint density at radius 2 is 1.91 bits per heavy atom. The van der Waals surface area contributed by atoms with Crippen molar-refractivity contribution in [2.24, 2.45) is 11.5 Å². The molecule has 2 aromatic carbocycles. The minimum Gasteiger partial charge on any atom is -0.490 e. The van der Waals surface area contributed by atoms with Crippen molar-refractivity contribution >= 4 is 28.2 Å². The largest absolute Gasteiger partial charge is 0.490 e. The Kier molecular flexibility index (Phi) is 6.93. The van der Waals surface area contributed by atoms with Gasteiger partial charge in [0.1, 0.15) is 0 Å². The van der Waals surface area contributed by atoms with Crippen LogP contribution in [-0.4, -0.2) is 33.7 Å². The van der Waals surface area contributed by atoms with E-state index in [1.165, 1.54) is 6.20 Å². The minimum atomic E-state index is -0.590. The van der Waals surface area contributed by atoms with Crippen molar-refractivity contribution in [3.8, 4) is 11.5 Å². The Morgan fingerprint density at radius 1 is 1.15 bits per heavy atom. The molecule has 0 fully saturated rings. The lowest BCUT2D eigenvalue weighted by Gasteiger charge is -2.19. The first-order chi connectivity index (χ1) is 16.5. The van der Waals surface area contributed by atoms with E-state index in [0.717, 1.165) is 16.8 Å². The fourth-order valence-corrected chi connectivity index (χ4v) is 3.91. The van der Waals surface area contributed by atoms with Crippen molar-refractivity contribution in [3.05, 3.63) is 71.9 Å². The predicted molar refractivity (Wildman–Crippen MR) is 132 cm³/mol.